The van der Waals surface area contributed by atoms with E-state index in [1.54, 1.807) is 12.1 Å². The van der Waals surface area contributed by atoms with Crippen molar-refractivity contribution in [3.63, 3.8) is 0 Å². The second kappa shape index (κ2) is 6.02. The summed E-state index contributed by atoms with van der Waals surface area (Å²) < 4.78 is 13.4. The van der Waals surface area contributed by atoms with Gasteiger partial charge in [-0.05, 0) is 37.5 Å². The first-order valence-corrected chi connectivity index (χ1v) is 7.23. The van der Waals surface area contributed by atoms with Gasteiger partial charge in [0.05, 0.1) is 0 Å². The molecule has 0 aliphatic carbocycles. The SMILES string of the molecule is CC(C)C1CN(C(C)c2cccc(F)c2)C(C)CN1. The molecule has 0 spiro atoms. The standard InChI is InChI=1S/C16H25FN2/c1-11(2)16-10-19(12(3)9-18-16)13(4)14-6-5-7-15(17)8-14/h5-8,11-13,16,18H,9-10H2,1-4H3. The van der Waals surface area contributed by atoms with E-state index in [4.69, 9.17) is 0 Å². The summed E-state index contributed by atoms with van der Waals surface area (Å²) in [4.78, 5) is 2.48. The van der Waals surface area contributed by atoms with Gasteiger partial charge >= 0.3 is 0 Å². The molecule has 3 atom stereocenters. The van der Waals surface area contributed by atoms with Crippen LogP contribution in [0, 0.1) is 11.7 Å². The molecule has 106 valence electrons. The van der Waals surface area contributed by atoms with Crippen molar-refractivity contribution in [2.45, 2.75) is 45.8 Å². The van der Waals surface area contributed by atoms with Gasteiger partial charge in [-0.2, -0.15) is 0 Å². The molecule has 1 saturated heterocycles. The molecule has 1 N–H and O–H groups in total. The quantitative estimate of drug-likeness (QED) is 0.902. The minimum absolute atomic E-state index is 0.146. The summed E-state index contributed by atoms with van der Waals surface area (Å²) in [5, 5.41) is 3.60. The Kier molecular flexibility index (Phi) is 4.58. The summed E-state index contributed by atoms with van der Waals surface area (Å²) >= 11 is 0. The molecular formula is C16H25FN2. The van der Waals surface area contributed by atoms with Crippen molar-refractivity contribution in [1.82, 2.24) is 10.2 Å². The van der Waals surface area contributed by atoms with Gasteiger partial charge in [0.1, 0.15) is 5.82 Å². The van der Waals surface area contributed by atoms with Crippen molar-refractivity contribution in [2.24, 2.45) is 5.92 Å². The molecule has 0 amide bonds. The molecule has 19 heavy (non-hydrogen) atoms. The van der Waals surface area contributed by atoms with Gasteiger partial charge < -0.3 is 5.32 Å². The molecule has 0 saturated carbocycles. The summed E-state index contributed by atoms with van der Waals surface area (Å²) in [6, 6.07) is 8.24. The van der Waals surface area contributed by atoms with E-state index in [9.17, 15) is 4.39 Å². The normalized spacial score (nSPS) is 26.6. The van der Waals surface area contributed by atoms with Crippen LogP contribution in [0.3, 0.4) is 0 Å². The maximum absolute atomic E-state index is 13.4. The molecule has 3 heteroatoms. The maximum atomic E-state index is 13.4. The van der Waals surface area contributed by atoms with Crippen molar-refractivity contribution in [3.05, 3.63) is 35.6 Å². The number of rotatable bonds is 3. The highest BCUT2D eigenvalue weighted by atomic mass is 19.1. The van der Waals surface area contributed by atoms with E-state index in [1.165, 1.54) is 6.07 Å². The average Bonchev–Trinajstić information content (AvgIpc) is 2.38. The summed E-state index contributed by atoms with van der Waals surface area (Å²) in [5.74, 6) is 0.474. The van der Waals surface area contributed by atoms with Gasteiger partial charge in [0, 0.05) is 31.2 Å². The topological polar surface area (TPSA) is 15.3 Å². The van der Waals surface area contributed by atoms with Gasteiger partial charge in [0.2, 0.25) is 0 Å². The lowest BCUT2D eigenvalue weighted by atomic mass is 9.96. The van der Waals surface area contributed by atoms with Gasteiger partial charge in [-0.3, -0.25) is 4.90 Å². The molecule has 0 aromatic heterocycles. The Morgan fingerprint density at radius 2 is 2.05 bits per heavy atom. The molecule has 2 nitrogen and oxygen atoms in total. The van der Waals surface area contributed by atoms with Crippen LogP contribution in [-0.2, 0) is 0 Å². The van der Waals surface area contributed by atoms with E-state index in [0.29, 0.717) is 18.0 Å². The Bertz CT molecular complexity index is 419. The number of halogens is 1. The van der Waals surface area contributed by atoms with Gasteiger partial charge in [0.15, 0.2) is 0 Å². The highest BCUT2D eigenvalue weighted by molar-refractivity contribution is 5.20. The first kappa shape index (κ1) is 14.5. The lowest BCUT2D eigenvalue weighted by molar-refractivity contribution is 0.0851. The van der Waals surface area contributed by atoms with E-state index < -0.39 is 0 Å². The molecule has 1 fully saturated rings. The first-order valence-electron chi connectivity index (χ1n) is 7.23. The first-order chi connectivity index (χ1) is 8.99. The van der Waals surface area contributed by atoms with Crippen molar-refractivity contribution in [2.75, 3.05) is 13.1 Å². The molecule has 2 rings (SSSR count). The Morgan fingerprint density at radius 1 is 1.32 bits per heavy atom. The Labute approximate surface area is 116 Å². The Balaban J connectivity index is 2.14. The number of nitrogens with one attached hydrogen (secondary N) is 1. The lowest BCUT2D eigenvalue weighted by Crippen LogP contribution is -2.57. The molecular weight excluding hydrogens is 239 g/mol. The number of hydrogen-bond acceptors (Lipinski definition) is 2. The highest BCUT2D eigenvalue weighted by Crippen LogP contribution is 2.26. The zero-order valence-electron chi connectivity index (χ0n) is 12.4. The third-order valence-corrected chi connectivity index (χ3v) is 4.28. The van der Waals surface area contributed by atoms with Crippen LogP contribution in [0.1, 0.15) is 39.3 Å². The van der Waals surface area contributed by atoms with Gasteiger partial charge in [-0.25, -0.2) is 4.39 Å². The molecule has 1 aliphatic heterocycles. The minimum Gasteiger partial charge on any atom is -0.311 e. The molecule has 1 aromatic rings. The van der Waals surface area contributed by atoms with E-state index >= 15 is 0 Å². The van der Waals surface area contributed by atoms with Crippen LogP contribution >= 0.6 is 0 Å². The van der Waals surface area contributed by atoms with Gasteiger partial charge in [-0.1, -0.05) is 26.0 Å². The summed E-state index contributed by atoms with van der Waals surface area (Å²) in [7, 11) is 0. The predicted octanol–water partition coefficient (Wildman–Crippen LogP) is 3.21. The van der Waals surface area contributed by atoms with Crippen LogP contribution in [0.25, 0.3) is 0 Å². The zero-order valence-corrected chi connectivity index (χ0v) is 12.4. The van der Waals surface area contributed by atoms with Gasteiger partial charge in [0.25, 0.3) is 0 Å². The molecule has 1 aliphatic rings. The van der Waals surface area contributed by atoms with Crippen LogP contribution in [0.5, 0.6) is 0 Å². The summed E-state index contributed by atoms with van der Waals surface area (Å²) in [6.45, 7) is 10.9. The monoisotopic (exact) mass is 264 g/mol. The molecule has 0 bridgehead atoms. The minimum atomic E-state index is -0.146. The van der Waals surface area contributed by atoms with Crippen molar-refractivity contribution < 1.29 is 4.39 Å². The zero-order chi connectivity index (χ0) is 14.0. The molecule has 1 heterocycles. The van der Waals surface area contributed by atoms with E-state index in [-0.39, 0.29) is 11.9 Å². The maximum Gasteiger partial charge on any atom is 0.123 e. The Morgan fingerprint density at radius 3 is 2.68 bits per heavy atom. The average molecular weight is 264 g/mol. The van der Waals surface area contributed by atoms with Crippen LogP contribution < -0.4 is 5.32 Å². The van der Waals surface area contributed by atoms with E-state index in [1.807, 2.05) is 6.07 Å². The molecule has 1 aromatic carbocycles. The fourth-order valence-corrected chi connectivity index (χ4v) is 2.86. The summed E-state index contributed by atoms with van der Waals surface area (Å²) in [5.41, 5.74) is 1.07. The second-order valence-corrected chi connectivity index (χ2v) is 6.04. The fourth-order valence-electron chi connectivity index (χ4n) is 2.86. The fraction of sp³-hybridized carbons (Fsp3) is 0.625. The van der Waals surface area contributed by atoms with Crippen molar-refractivity contribution in [1.29, 1.82) is 0 Å². The third kappa shape index (κ3) is 3.34. The lowest BCUT2D eigenvalue weighted by Gasteiger charge is -2.43. The highest BCUT2D eigenvalue weighted by Gasteiger charge is 2.30. The molecule has 0 radical (unpaired) electrons. The van der Waals surface area contributed by atoms with Crippen molar-refractivity contribution >= 4 is 0 Å². The van der Waals surface area contributed by atoms with E-state index in [2.05, 4.69) is 37.9 Å². The molecule has 3 unspecified atom stereocenters. The van der Waals surface area contributed by atoms with E-state index in [0.717, 1.165) is 18.7 Å². The summed E-state index contributed by atoms with van der Waals surface area (Å²) in [6.07, 6.45) is 0. The predicted molar refractivity (Wildman–Crippen MR) is 77.6 cm³/mol. The number of hydrogen-bond donors (Lipinski definition) is 1. The van der Waals surface area contributed by atoms with Crippen molar-refractivity contribution in [3.8, 4) is 0 Å². The number of benzene rings is 1. The van der Waals surface area contributed by atoms with Crippen LogP contribution in [0.4, 0.5) is 4.39 Å². The van der Waals surface area contributed by atoms with Crippen LogP contribution in [0.15, 0.2) is 24.3 Å². The third-order valence-electron chi connectivity index (χ3n) is 4.28. The number of nitrogens with zero attached hydrogens (tertiary/aromatic N) is 1. The second-order valence-electron chi connectivity index (χ2n) is 6.04. The largest absolute Gasteiger partial charge is 0.311 e. The Hall–Kier alpha value is -0.930. The van der Waals surface area contributed by atoms with Crippen LogP contribution in [-0.4, -0.2) is 30.1 Å². The van der Waals surface area contributed by atoms with Gasteiger partial charge in [-0.15, -0.1) is 0 Å². The van der Waals surface area contributed by atoms with Crippen LogP contribution in [0.2, 0.25) is 0 Å². The smallest absolute Gasteiger partial charge is 0.123 e. The number of piperazine rings is 1.